The summed E-state index contributed by atoms with van der Waals surface area (Å²) in [6, 6.07) is 15.5. The smallest absolute Gasteiger partial charge is 0.241 e. The number of nitrogens with one attached hydrogen (secondary N) is 2. The maximum absolute atomic E-state index is 12.6. The first-order chi connectivity index (χ1) is 14.9. The summed E-state index contributed by atoms with van der Waals surface area (Å²) in [7, 11) is -3.86. The zero-order valence-corrected chi connectivity index (χ0v) is 18.2. The van der Waals surface area contributed by atoms with Gasteiger partial charge in [-0.1, -0.05) is 37.3 Å². The molecule has 0 saturated carbocycles. The monoisotopic (exact) mass is 445 g/mol. The van der Waals surface area contributed by atoms with Crippen molar-refractivity contribution >= 4 is 27.5 Å². The first-order valence-corrected chi connectivity index (χ1v) is 11.7. The number of anilines is 1. The fraction of sp³-hybridized carbons (Fsp3) is 0.364. The molecule has 0 radical (unpaired) electrons. The van der Waals surface area contributed by atoms with Crippen molar-refractivity contribution < 1.29 is 22.7 Å². The molecule has 31 heavy (non-hydrogen) atoms. The van der Waals surface area contributed by atoms with Crippen molar-refractivity contribution in [3.63, 3.8) is 0 Å². The summed E-state index contributed by atoms with van der Waals surface area (Å²) in [5, 5.41) is 2.71. The molecule has 1 fully saturated rings. The van der Waals surface area contributed by atoms with Gasteiger partial charge in [0.25, 0.3) is 0 Å². The van der Waals surface area contributed by atoms with E-state index in [1.807, 2.05) is 37.3 Å². The fourth-order valence-corrected chi connectivity index (χ4v) is 4.24. The SMILES string of the molecule is CCCC(=O)Nc1ccc(S(=O)(=O)NCC(=O)N2CCOC(c3ccccc3)C2)cc1. The average molecular weight is 446 g/mol. The lowest BCUT2D eigenvalue weighted by Gasteiger charge is -2.33. The predicted molar refractivity (Wildman–Crippen MR) is 117 cm³/mol. The first kappa shape index (κ1) is 22.9. The van der Waals surface area contributed by atoms with E-state index >= 15 is 0 Å². The summed E-state index contributed by atoms with van der Waals surface area (Å²) in [5.74, 6) is -0.433. The summed E-state index contributed by atoms with van der Waals surface area (Å²) >= 11 is 0. The number of hydrogen-bond acceptors (Lipinski definition) is 5. The second-order valence-corrected chi connectivity index (χ2v) is 9.02. The Hall–Kier alpha value is -2.75. The molecule has 1 heterocycles. The third-order valence-corrected chi connectivity index (χ3v) is 6.35. The molecule has 3 rings (SSSR count). The van der Waals surface area contributed by atoms with Gasteiger partial charge in [-0.2, -0.15) is 0 Å². The molecular formula is C22H27N3O5S. The Morgan fingerprint density at radius 3 is 2.48 bits per heavy atom. The van der Waals surface area contributed by atoms with Crippen LogP contribution in [0.5, 0.6) is 0 Å². The molecule has 2 amide bonds. The van der Waals surface area contributed by atoms with Crippen LogP contribution in [0.3, 0.4) is 0 Å². The molecule has 1 aliphatic rings. The highest BCUT2D eigenvalue weighted by Crippen LogP contribution is 2.22. The molecule has 1 atom stereocenters. The highest BCUT2D eigenvalue weighted by Gasteiger charge is 2.26. The number of ether oxygens (including phenoxy) is 1. The number of carbonyl (C=O) groups is 2. The molecule has 2 aromatic carbocycles. The van der Waals surface area contributed by atoms with Crippen LogP contribution in [0.15, 0.2) is 59.5 Å². The van der Waals surface area contributed by atoms with E-state index in [2.05, 4.69) is 10.0 Å². The van der Waals surface area contributed by atoms with Crippen molar-refractivity contribution in [1.82, 2.24) is 9.62 Å². The first-order valence-electron chi connectivity index (χ1n) is 10.2. The van der Waals surface area contributed by atoms with Crippen molar-refractivity contribution in [2.24, 2.45) is 0 Å². The van der Waals surface area contributed by atoms with Crippen LogP contribution in [-0.4, -0.2) is 51.4 Å². The van der Waals surface area contributed by atoms with Crippen LogP contribution in [0.4, 0.5) is 5.69 Å². The summed E-state index contributed by atoms with van der Waals surface area (Å²) < 4.78 is 33.2. The Kier molecular flexibility index (Phi) is 7.78. The molecule has 2 aromatic rings. The van der Waals surface area contributed by atoms with E-state index in [1.165, 1.54) is 24.3 Å². The third-order valence-electron chi connectivity index (χ3n) is 4.93. The third kappa shape index (κ3) is 6.36. The summed E-state index contributed by atoms with van der Waals surface area (Å²) in [5.41, 5.74) is 1.50. The van der Waals surface area contributed by atoms with Crippen molar-refractivity contribution in [3.8, 4) is 0 Å². The number of rotatable bonds is 8. The van der Waals surface area contributed by atoms with Crippen LogP contribution in [0.2, 0.25) is 0 Å². The van der Waals surface area contributed by atoms with Crippen LogP contribution in [0.1, 0.15) is 31.4 Å². The quantitative estimate of drug-likeness (QED) is 0.649. The lowest BCUT2D eigenvalue weighted by molar-refractivity contribution is -0.137. The second kappa shape index (κ2) is 10.5. The van der Waals surface area contributed by atoms with Crippen LogP contribution in [-0.2, 0) is 24.3 Å². The number of amides is 2. The van der Waals surface area contributed by atoms with E-state index in [4.69, 9.17) is 4.74 Å². The van der Waals surface area contributed by atoms with E-state index in [1.54, 1.807) is 4.90 Å². The molecule has 166 valence electrons. The van der Waals surface area contributed by atoms with Crippen molar-refractivity contribution in [3.05, 3.63) is 60.2 Å². The molecular weight excluding hydrogens is 418 g/mol. The van der Waals surface area contributed by atoms with E-state index in [-0.39, 0.29) is 29.4 Å². The van der Waals surface area contributed by atoms with E-state index in [0.29, 0.717) is 31.8 Å². The van der Waals surface area contributed by atoms with E-state index < -0.39 is 10.0 Å². The van der Waals surface area contributed by atoms with Gasteiger partial charge in [0.1, 0.15) is 6.10 Å². The van der Waals surface area contributed by atoms with Gasteiger partial charge in [-0.3, -0.25) is 9.59 Å². The Bertz CT molecular complexity index is 994. The van der Waals surface area contributed by atoms with Gasteiger partial charge in [0, 0.05) is 18.7 Å². The molecule has 0 bridgehead atoms. The molecule has 1 aliphatic heterocycles. The van der Waals surface area contributed by atoms with Gasteiger partial charge in [-0.25, -0.2) is 13.1 Å². The van der Waals surface area contributed by atoms with Gasteiger partial charge in [-0.15, -0.1) is 0 Å². The highest BCUT2D eigenvalue weighted by molar-refractivity contribution is 7.89. The molecule has 0 aliphatic carbocycles. The molecule has 9 heteroatoms. The van der Waals surface area contributed by atoms with Crippen molar-refractivity contribution in [2.75, 3.05) is 31.6 Å². The lowest BCUT2D eigenvalue weighted by Crippen LogP contribution is -2.46. The molecule has 8 nitrogen and oxygen atoms in total. The van der Waals surface area contributed by atoms with E-state index in [9.17, 15) is 18.0 Å². The zero-order valence-electron chi connectivity index (χ0n) is 17.4. The van der Waals surface area contributed by atoms with Crippen LogP contribution < -0.4 is 10.0 Å². The number of hydrogen-bond donors (Lipinski definition) is 2. The van der Waals surface area contributed by atoms with Gasteiger partial charge in [0.15, 0.2) is 0 Å². The number of benzene rings is 2. The second-order valence-electron chi connectivity index (χ2n) is 7.26. The van der Waals surface area contributed by atoms with Crippen LogP contribution >= 0.6 is 0 Å². The van der Waals surface area contributed by atoms with Gasteiger partial charge in [0.05, 0.1) is 24.6 Å². The van der Waals surface area contributed by atoms with E-state index in [0.717, 1.165) is 12.0 Å². The molecule has 0 spiro atoms. The van der Waals surface area contributed by atoms with Gasteiger partial charge in [-0.05, 0) is 36.2 Å². The molecule has 0 aromatic heterocycles. The summed E-state index contributed by atoms with van der Waals surface area (Å²) in [6.07, 6.45) is 0.896. The standard InChI is InChI=1S/C22H27N3O5S/c1-2-6-21(26)24-18-9-11-19(12-10-18)31(28,29)23-15-22(27)25-13-14-30-20(16-25)17-7-4-3-5-8-17/h3-5,7-12,20,23H,2,6,13-16H2,1H3,(H,24,26). The van der Waals surface area contributed by atoms with Crippen LogP contribution in [0.25, 0.3) is 0 Å². The Balaban J connectivity index is 1.55. The Labute approximate surface area is 182 Å². The largest absolute Gasteiger partial charge is 0.370 e. The minimum absolute atomic E-state index is 0.0259. The summed E-state index contributed by atoms with van der Waals surface area (Å²) in [6.45, 7) is 2.75. The van der Waals surface area contributed by atoms with Crippen molar-refractivity contribution in [1.29, 1.82) is 0 Å². The molecule has 1 saturated heterocycles. The normalized spacial score (nSPS) is 16.7. The maximum Gasteiger partial charge on any atom is 0.241 e. The average Bonchev–Trinajstić information content (AvgIpc) is 2.79. The Morgan fingerprint density at radius 1 is 1.10 bits per heavy atom. The topological polar surface area (TPSA) is 105 Å². The number of nitrogens with zero attached hydrogens (tertiary/aromatic N) is 1. The van der Waals surface area contributed by atoms with Crippen LogP contribution in [0, 0.1) is 0 Å². The fourth-order valence-electron chi connectivity index (χ4n) is 3.27. The molecule has 1 unspecified atom stereocenters. The Morgan fingerprint density at radius 2 is 1.81 bits per heavy atom. The maximum atomic E-state index is 12.6. The lowest BCUT2D eigenvalue weighted by atomic mass is 10.1. The zero-order chi connectivity index (χ0) is 22.3. The number of sulfonamides is 1. The predicted octanol–water partition coefficient (Wildman–Crippen LogP) is 2.30. The van der Waals surface area contributed by atoms with Gasteiger partial charge in [0.2, 0.25) is 21.8 Å². The van der Waals surface area contributed by atoms with Gasteiger partial charge < -0.3 is 15.0 Å². The highest BCUT2D eigenvalue weighted by atomic mass is 32.2. The summed E-state index contributed by atoms with van der Waals surface area (Å²) in [4.78, 5) is 25.9. The number of morpholine rings is 1. The van der Waals surface area contributed by atoms with Gasteiger partial charge >= 0.3 is 0 Å². The minimum Gasteiger partial charge on any atom is -0.370 e. The molecule has 2 N–H and O–H groups in total. The van der Waals surface area contributed by atoms with Crippen molar-refractivity contribution in [2.45, 2.75) is 30.8 Å². The number of carbonyl (C=O) groups excluding carboxylic acids is 2. The minimum atomic E-state index is -3.86.